The van der Waals surface area contributed by atoms with E-state index in [0.29, 0.717) is 10.6 Å². The van der Waals surface area contributed by atoms with Gasteiger partial charge in [0.15, 0.2) is 0 Å². The van der Waals surface area contributed by atoms with Gasteiger partial charge in [-0.15, -0.1) is 0 Å². The Morgan fingerprint density at radius 1 is 1.17 bits per heavy atom. The Morgan fingerprint density at radius 3 is 2.67 bits per heavy atom. The summed E-state index contributed by atoms with van der Waals surface area (Å²) in [6.45, 7) is -0.0424. The number of likely N-dealkylation sites (N-methyl/N-ethyl adjacent to an activating group) is 1. The number of aryl methyl sites for hydroxylation is 1. The number of hydrogen-bond acceptors (Lipinski definition) is 2. The van der Waals surface area contributed by atoms with Gasteiger partial charge in [0.2, 0.25) is 5.91 Å². The van der Waals surface area contributed by atoms with Gasteiger partial charge in [-0.3, -0.25) is 9.59 Å². The van der Waals surface area contributed by atoms with E-state index in [-0.39, 0.29) is 24.4 Å². The molecular weight excluding hydrogens is 324 g/mol. The Morgan fingerprint density at radius 2 is 1.88 bits per heavy atom. The van der Waals surface area contributed by atoms with E-state index < -0.39 is 0 Å². The largest absolute Gasteiger partial charge is 0.343 e. The molecule has 2 aromatic rings. The van der Waals surface area contributed by atoms with Crippen molar-refractivity contribution < 1.29 is 9.59 Å². The lowest BCUT2D eigenvalue weighted by atomic mass is 10.1. The number of amides is 2. The molecule has 0 radical (unpaired) electrons. The molecule has 1 aliphatic rings. The summed E-state index contributed by atoms with van der Waals surface area (Å²) in [5.41, 5.74) is 2.87. The minimum absolute atomic E-state index is 0.0424. The van der Waals surface area contributed by atoms with Crippen LogP contribution < -0.4 is 5.32 Å². The Balaban J connectivity index is 1.62. The highest BCUT2D eigenvalue weighted by Crippen LogP contribution is 2.34. The fourth-order valence-corrected chi connectivity index (χ4v) is 3.35. The molecule has 0 aromatic heterocycles. The number of hydrogen-bond donors (Lipinski definition) is 1. The molecule has 2 aromatic carbocycles. The molecule has 4 nitrogen and oxygen atoms in total. The van der Waals surface area contributed by atoms with Crippen LogP contribution in [0.2, 0.25) is 5.02 Å². The molecule has 5 heteroatoms. The first-order valence-electron chi connectivity index (χ1n) is 7.94. The van der Waals surface area contributed by atoms with Crippen LogP contribution in [0, 0.1) is 0 Å². The van der Waals surface area contributed by atoms with Crippen molar-refractivity contribution in [1.82, 2.24) is 10.2 Å². The third kappa shape index (κ3) is 3.29. The number of rotatable bonds is 4. The first-order valence-corrected chi connectivity index (χ1v) is 8.32. The monoisotopic (exact) mass is 342 g/mol. The third-order valence-corrected chi connectivity index (χ3v) is 4.81. The van der Waals surface area contributed by atoms with Gasteiger partial charge in [0.25, 0.3) is 5.91 Å². The summed E-state index contributed by atoms with van der Waals surface area (Å²) in [5, 5.41) is 3.03. The molecule has 0 bridgehead atoms. The molecule has 0 saturated carbocycles. The van der Waals surface area contributed by atoms with Crippen LogP contribution in [0.15, 0.2) is 48.5 Å². The molecule has 1 aliphatic carbocycles. The molecule has 0 saturated heterocycles. The van der Waals surface area contributed by atoms with Gasteiger partial charge in [-0.25, -0.2) is 0 Å². The molecule has 2 amide bonds. The average molecular weight is 343 g/mol. The molecule has 1 N–H and O–H groups in total. The molecule has 0 fully saturated rings. The van der Waals surface area contributed by atoms with Gasteiger partial charge in [0.05, 0.1) is 23.2 Å². The number of nitrogens with one attached hydrogen (secondary N) is 1. The highest BCUT2D eigenvalue weighted by atomic mass is 35.5. The minimum Gasteiger partial charge on any atom is -0.343 e. The molecule has 24 heavy (non-hydrogen) atoms. The van der Waals surface area contributed by atoms with Crippen LogP contribution in [0.5, 0.6) is 0 Å². The van der Waals surface area contributed by atoms with Crippen molar-refractivity contribution in [3.63, 3.8) is 0 Å². The molecule has 0 aliphatic heterocycles. The lowest BCUT2D eigenvalue weighted by Crippen LogP contribution is -2.39. The summed E-state index contributed by atoms with van der Waals surface area (Å²) in [5.74, 6) is -0.453. The van der Waals surface area contributed by atoms with Crippen molar-refractivity contribution in [2.24, 2.45) is 0 Å². The van der Waals surface area contributed by atoms with Crippen LogP contribution in [0.1, 0.15) is 33.9 Å². The maximum Gasteiger partial charge on any atom is 0.253 e. The fourth-order valence-electron chi connectivity index (χ4n) is 3.13. The Kier molecular flexibility index (Phi) is 4.86. The average Bonchev–Trinajstić information content (AvgIpc) is 3.03. The van der Waals surface area contributed by atoms with E-state index in [1.165, 1.54) is 11.1 Å². The molecular formula is C19H19ClN2O2. The van der Waals surface area contributed by atoms with E-state index in [0.717, 1.165) is 12.8 Å². The standard InChI is InChI=1S/C19H19ClN2O2/c1-22(17-11-10-13-6-2-3-7-14(13)17)18(23)12-21-19(24)15-8-4-5-9-16(15)20/h2-9,17H,10-12H2,1H3,(H,21,24)/t17-/m0/s1. The van der Waals surface area contributed by atoms with Crippen LogP contribution in [-0.2, 0) is 11.2 Å². The predicted molar refractivity (Wildman–Crippen MR) is 94.1 cm³/mol. The lowest BCUT2D eigenvalue weighted by Gasteiger charge is -2.25. The maximum absolute atomic E-state index is 12.4. The summed E-state index contributed by atoms with van der Waals surface area (Å²) in [7, 11) is 1.79. The topological polar surface area (TPSA) is 49.4 Å². The van der Waals surface area contributed by atoms with Crippen molar-refractivity contribution in [2.75, 3.05) is 13.6 Å². The Labute approximate surface area is 146 Å². The van der Waals surface area contributed by atoms with Crippen LogP contribution in [0.25, 0.3) is 0 Å². The fraction of sp³-hybridized carbons (Fsp3) is 0.263. The second kappa shape index (κ2) is 7.05. The van der Waals surface area contributed by atoms with E-state index in [9.17, 15) is 9.59 Å². The second-order valence-corrected chi connectivity index (χ2v) is 6.33. The highest BCUT2D eigenvalue weighted by Gasteiger charge is 2.28. The number of fused-ring (bicyclic) bond motifs is 1. The lowest BCUT2D eigenvalue weighted by molar-refractivity contribution is -0.131. The summed E-state index contributed by atoms with van der Waals surface area (Å²) in [6, 6.07) is 15.1. The summed E-state index contributed by atoms with van der Waals surface area (Å²) < 4.78 is 0. The van der Waals surface area contributed by atoms with Gasteiger partial charge in [-0.05, 0) is 36.1 Å². The second-order valence-electron chi connectivity index (χ2n) is 5.92. The number of halogens is 1. The van der Waals surface area contributed by atoms with Crippen molar-refractivity contribution >= 4 is 23.4 Å². The summed E-state index contributed by atoms with van der Waals surface area (Å²) >= 11 is 6.00. The molecule has 0 spiro atoms. The van der Waals surface area contributed by atoms with Gasteiger partial charge in [0.1, 0.15) is 0 Å². The van der Waals surface area contributed by atoms with Gasteiger partial charge >= 0.3 is 0 Å². The van der Waals surface area contributed by atoms with Crippen LogP contribution in [0.4, 0.5) is 0 Å². The van der Waals surface area contributed by atoms with E-state index in [1.54, 1.807) is 36.2 Å². The SMILES string of the molecule is CN(C(=O)CNC(=O)c1ccccc1Cl)[C@H]1CCc2ccccc21. The van der Waals surface area contributed by atoms with Crippen LogP contribution in [-0.4, -0.2) is 30.3 Å². The van der Waals surface area contributed by atoms with Gasteiger partial charge in [-0.1, -0.05) is 48.0 Å². The minimum atomic E-state index is -0.339. The quantitative estimate of drug-likeness (QED) is 0.927. The summed E-state index contributed by atoms with van der Waals surface area (Å²) in [6.07, 6.45) is 1.89. The van der Waals surface area contributed by atoms with Gasteiger partial charge < -0.3 is 10.2 Å². The summed E-state index contributed by atoms with van der Waals surface area (Å²) in [4.78, 5) is 26.3. The van der Waals surface area contributed by atoms with Gasteiger partial charge in [0, 0.05) is 7.05 Å². The maximum atomic E-state index is 12.4. The van der Waals surface area contributed by atoms with E-state index >= 15 is 0 Å². The molecule has 1 atom stereocenters. The third-order valence-electron chi connectivity index (χ3n) is 4.48. The highest BCUT2D eigenvalue weighted by molar-refractivity contribution is 6.33. The van der Waals surface area contributed by atoms with E-state index in [2.05, 4.69) is 17.4 Å². The Bertz CT molecular complexity index is 775. The predicted octanol–water partition coefficient (Wildman–Crippen LogP) is 3.22. The Hall–Kier alpha value is -2.33. The molecule has 0 heterocycles. The van der Waals surface area contributed by atoms with Crippen molar-refractivity contribution in [1.29, 1.82) is 0 Å². The smallest absolute Gasteiger partial charge is 0.253 e. The normalized spacial score (nSPS) is 15.7. The first kappa shape index (κ1) is 16.5. The van der Waals surface area contributed by atoms with Crippen molar-refractivity contribution in [2.45, 2.75) is 18.9 Å². The van der Waals surface area contributed by atoms with Crippen LogP contribution in [0.3, 0.4) is 0 Å². The first-order chi connectivity index (χ1) is 11.6. The van der Waals surface area contributed by atoms with E-state index in [1.807, 2.05) is 12.1 Å². The molecule has 0 unspecified atom stereocenters. The number of nitrogens with zero attached hydrogens (tertiary/aromatic N) is 1. The number of carbonyl (C=O) groups is 2. The van der Waals surface area contributed by atoms with Crippen molar-refractivity contribution in [3.8, 4) is 0 Å². The van der Waals surface area contributed by atoms with Crippen LogP contribution >= 0.6 is 11.6 Å². The van der Waals surface area contributed by atoms with Crippen molar-refractivity contribution in [3.05, 3.63) is 70.2 Å². The van der Waals surface area contributed by atoms with Gasteiger partial charge in [-0.2, -0.15) is 0 Å². The molecule has 124 valence electrons. The number of benzene rings is 2. The zero-order valence-electron chi connectivity index (χ0n) is 13.5. The number of carbonyl (C=O) groups excluding carboxylic acids is 2. The zero-order valence-corrected chi connectivity index (χ0v) is 14.2. The van der Waals surface area contributed by atoms with E-state index in [4.69, 9.17) is 11.6 Å². The molecule has 3 rings (SSSR count). The zero-order chi connectivity index (χ0) is 17.1.